The molecule has 1 heterocycles. The average molecular weight is 408 g/mol. The zero-order valence-corrected chi connectivity index (χ0v) is 14.1. The molecule has 1 unspecified atom stereocenters. The first kappa shape index (κ1) is 14.7. The highest BCUT2D eigenvalue weighted by atomic mass is 79.9. The first-order chi connectivity index (χ1) is 9.04. The molecule has 0 amide bonds. The van der Waals surface area contributed by atoms with Crippen molar-refractivity contribution < 1.29 is 4.74 Å². The van der Waals surface area contributed by atoms with Gasteiger partial charge in [0.15, 0.2) is 0 Å². The molecule has 0 radical (unpaired) electrons. The molecule has 102 valence electrons. The lowest BCUT2D eigenvalue weighted by molar-refractivity contribution is 0.307. The largest absolute Gasteiger partial charge is 0.480 e. The van der Waals surface area contributed by atoms with E-state index in [1.807, 2.05) is 25.1 Å². The van der Waals surface area contributed by atoms with Crippen LogP contribution in [0.3, 0.4) is 0 Å². The van der Waals surface area contributed by atoms with Crippen LogP contribution in [0.15, 0.2) is 38.1 Å². The van der Waals surface area contributed by atoms with Crippen LogP contribution in [-0.2, 0) is 5.75 Å². The Hall–Kier alpha value is -0.660. The third-order valence-corrected chi connectivity index (χ3v) is 5.24. The highest BCUT2D eigenvalue weighted by molar-refractivity contribution is 9.13. The van der Waals surface area contributed by atoms with Gasteiger partial charge in [0.2, 0.25) is 0 Å². The first-order valence-corrected chi connectivity index (χ1v) is 8.18. The molecule has 2 N–H and O–H groups in total. The Morgan fingerprint density at radius 2 is 2.16 bits per heavy atom. The Morgan fingerprint density at radius 1 is 1.37 bits per heavy atom. The van der Waals surface area contributed by atoms with Gasteiger partial charge in [-0.15, -0.1) is 11.8 Å². The quantitative estimate of drug-likeness (QED) is 0.739. The Bertz CT molecular complexity index is 612. The molecule has 1 atom stereocenters. The Morgan fingerprint density at radius 3 is 2.79 bits per heavy atom. The number of hydrogen-bond acceptors (Lipinski definition) is 3. The summed E-state index contributed by atoms with van der Waals surface area (Å²) in [6.45, 7) is 1.98. The van der Waals surface area contributed by atoms with Crippen LogP contribution in [-0.4, -0.2) is 15.4 Å². The molecule has 0 aliphatic rings. The van der Waals surface area contributed by atoms with Gasteiger partial charge in [0.1, 0.15) is 11.2 Å². The molecule has 0 saturated heterocycles. The summed E-state index contributed by atoms with van der Waals surface area (Å²) >= 11 is 8.46. The number of aromatic nitrogens is 2. The summed E-state index contributed by atoms with van der Waals surface area (Å²) in [4.78, 5) is 16.2. The summed E-state index contributed by atoms with van der Waals surface area (Å²) in [7, 11) is 0. The molecule has 2 rings (SSSR count). The maximum Gasteiger partial charge on any atom is 0.323 e. The summed E-state index contributed by atoms with van der Waals surface area (Å²) in [6.07, 6.45) is 1.68. The monoisotopic (exact) mass is 406 g/mol. The second-order valence-corrected chi connectivity index (χ2v) is 6.83. The second kappa shape index (κ2) is 6.67. The van der Waals surface area contributed by atoms with Crippen molar-refractivity contribution in [2.45, 2.75) is 18.1 Å². The predicted molar refractivity (Wildman–Crippen MR) is 84.6 cm³/mol. The average Bonchev–Trinajstić information content (AvgIpc) is 2.77. The highest BCUT2D eigenvalue weighted by Gasteiger charge is 2.07. The van der Waals surface area contributed by atoms with Crippen molar-refractivity contribution in [2.75, 3.05) is 0 Å². The molecule has 0 bridgehead atoms. The fraction of sp³-hybridized carbons (Fsp3) is 0.250. The van der Waals surface area contributed by atoms with Crippen LogP contribution < -0.4 is 10.4 Å². The molecule has 0 aliphatic heterocycles. The molecule has 7 heteroatoms. The van der Waals surface area contributed by atoms with E-state index in [2.05, 4.69) is 41.8 Å². The molecule has 0 aliphatic carbocycles. The van der Waals surface area contributed by atoms with E-state index in [1.165, 1.54) is 0 Å². The minimum atomic E-state index is -0.180. The summed E-state index contributed by atoms with van der Waals surface area (Å²) in [5.41, 5.74) is 0.676. The van der Waals surface area contributed by atoms with Crippen molar-refractivity contribution in [3.63, 3.8) is 0 Å². The lowest BCUT2D eigenvalue weighted by Crippen LogP contribution is -2.07. The van der Waals surface area contributed by atoms with Gasteiger partial charge >= 0.3 is 5.69 Å². The van der Waals surface area contributed by atoms with Crippen molar-refractivity contribution in [1.82, 2.24) is 9.97 Å². The van der Waals surface area contributed by atoms with E-state index in [9.17, 15) is 4.79 Å². The number of ether oxygens (including phenoxy) is 1. The minimum absolute atomic E-state index is 0.00789. The minimum Gasteiger partial charge on any atom is -0.480 e. The number of thioether (sulfide) groups is 1. The van der Waals surface area contributed by atoms with Gasteiger partial charge in [0.25, 0.3) is 0 Å². The molecule has 4 nitrogen and oxygen atoms in total. The molecule has 0 fully saturated rings. The molecular weight excluding hydrogens is 396 g/mol. The van der Waals surface area contributed by atoms with Crippen molar-refractivity contribution >= 4 is 43.6 Å². The predicted octanol–water partition coefficient (Wildman–Crippen LogP) is 3.89. The normalized spacial score (nSPS) is 12.4. The number of rotatable bonds is 5. The lowest BCUT2D eigenvalue weighted by atomic mass is 10.3. The van der Waals surface area contributed by atoms with Crippen LogP contribution in [0.2, 0.25) is 0 Å². The highest BCUT2D eigenvalue weighted by Crippen LogP contribution is 2.29. The Kier molecular flexibility index (Phi) is 5.18. The molecule has 0 spiro atoms. The van der Waals surface area contributed by atoms with Crippen LogP contribution in [0.4, 0.5) is 0 Å². The Labute approximate surface area is 131 Å². The molecule has 1 aromatic carbocycles. The fourth-order valence-corrected chi connectivity index (χ4v) is 2.78. The van der Waals surface area contributed by atoms with Crippen molar-refractivity contribution in [3.05, 3.63) is 49.5 Å². The van der Waals surface area contributed by atoms with Crippen LogP contribution >= 0.6 is 43.6 Å². The van der Waals surface area contributed by atoms with Crippen LogP contribution in [0.5, 0.6) is 5.75 Å². The number of aromatic amines is 2. The van der Waals surface area contributed by atoms with E-state index < -0.39 is 0 Å². The molecule has 19 heavy (non-hydrogen) atoms. The summed E-state index contributed by atoms with van der Waals surface area (Å²) in [5, 5.41) is 0. The van der Waals surface area contributed by atoms with Gasteiger partial charge in [-0.25, -0.2) is 4.79 Å². The van der Waals surface area contributed by atoms with E-state index in [0.29, 0.717) is 5.75 Å². The number of imidazole rings is 1. The first-order valence-electron chi connectivity index (χ1n) is 5.54. The molecule has 2 aromatic rings. The van der Waals surface area contributed by atoms with Gasteiger partial charge in [0.05, 0.1) is 0 Å². The van der Waals surface area contributed by atoms with Gasteiger partial charge < -0.3 is 14.7 Å². The zero-order chi connectivity index (χ0) is 13.8. The van der Waals surface area contributed by atoms with E-state index in [4.69, 9.17) is 4.74 Å². The van der Waals surface area contributed by atoms with Gasteiger partial charge in [-0.05, 0) is 57.0 Å². The maximum absolute atomic E-state index is 10.9. The number of benzene rings is 1. The summed E-state index contributed by atoms with van der Waals surface area (Å²) in [6, 6.07) is 5.75. The van der Waals surface area contributed by atoms with E-state index in [0.717, 1.165) is 20.4 Å². The summed E-state index contributed by atoms with van der Waals surface area (Å²) in [5.74, 6) is 1.50. The van der Waals surface area contributed by atoms with Crippen LogP contribution in [0.25, 0.3) is 0 Å². The number of nitrogens with one attached hydrogen (secondary N) is 2. The second-order valence-electron chi connectivity index (χ2n) is 3.84. The Balaban J connectivity index is 1.88. The molecule has 1 aromatic heterocycles. The topological polar surface area (TPSA) is 57.9 Å². The lowest BCUT2D eigenvalue weighted by Gasteiger charge is -2.14. The smallest absolute Gasteiger partial charge is 0.323 e. The van der Waals surface area contributed by atoms with Crippen molar-refractivity contribution in [1.29, 1.82) is 0 Å². The fourth-order valence-electron chi connectivity index (χ4n) is 1.43. The van der Waals surface area contributed by atoms with Gasteiger partial charge in [-0.1, -0.05) is 0 Å². The number of H-pyrrole nitrogens is 2. The third-order valence-electron chi connectivity index (χ3n) is 2.32. The van der Waals surface area contributed by atoms with E-state index >= 15 is 0 Å². The maximum atomic E-state index is 10.9. The van der Waals surface area contributed by atoms with Gasteiger partial charge in [-0.2, -0.15) is 0 Å². The van der Waals surface area contributed by atoms with E-state index in [1.54, 1.807) is 18.0 Å². The molecule has 0 saturated carbocycles. The third kappa shape index (κ3) is 4.43. The van der Waals surface area contributed by atoms with Crippen LogP contribution in [0.1, 0.15) is 12.6 Å². The SMILES string of the molecule is CC(Oc1ccc(Br)c(Br)c1)SCc1c[nH]c(=O)[nH]1. The summed E-state index contributed by atoms with van der Waals surface area (Å²) < 4.78 is 7.74. The standard InChI is InChI=1S/C12H12Br2N2O2S/c1-7(19-6-8-5-15-12(17)16-8)18-9-2-3-10(13)11(14)4-9/h2-5,7H,6H2,1H3,(H2,15,16,17). The zero-order valence-electron chi connectivity index (χ0n) is 10.1. The molecular formula is C12H12Br2N2O2S. The van der Waals surface area contributed by atoms with Crippen LogP contribution in [0, 0.1) is 0 Å². The van der Waals surface area contributed by atoms with Crippen molar-refractivity contribution in [3.8, 4) is 5.75 Å². The number of hydrogen-bond donors (Lipinski definition) is 2. The van der Waals surface area contributed by atoms with Crippen molar-refractivity contribution in [2.24, 2.45) is 0 Å². The van der Waals surface area contributed by atoms with Gasteiger partial charge in [0, 0.05) is 26.6 Å². The van der Waals surface area contributed by atoms with Gasteiger partial charge in [-0.3, -0.25) is 0 Å². The van der Waals surface area contributed by atoms with E-state index in [-0.39, 0.29) is 11.1 Å². The number of halogens is 2.